The third-order valence-corrected chi connectivity index (χ3v) is 6.84. The molecular formula is C22H22N10O4. The van der Waals surface area contributed by atoms with E-state index in [0.717, 1.165) is 17.8 Å². The molecular weight excluding hydrogens is 468 g/mol. The molecule has 3 aliphatic rings. The molecule has 6 rings (SSSR count). The van der Waals surface area contributed by atoms with Crippen molar-refractivity contribution < 1.29 is 19.2 Å². The third kappa shape index (κ3) is 3.89. The Kier molecular flexibility index (Phi) is 5.27. The second kappa shape index (κ2) is 8.62. The predicted molar refractivity (Wildman–Crippen MR) is 119 cm³/mol. The zero-order valence-corrected chi connectivity index (χ0v) is 19.1. The van der Waals surface area contributed by atoms with Crippen LogP contribution in [0.4, 0.5) is 0 Å². The van der Waals surface area contributed by atoms with Crippen molar-refractivity contribution in [2.75, 3.05) is 0 Å². The molecule has 5 heterocycles. The highest BCUT2D eigenvalue weighted by molar-refractivity contribution is 6.05. The number of carbonyl (C=O) groups excluding carboxylic acids is 4. The minimum absolute atomic E-state index is 0.0459. The van der Waals surface area contributed by atoms with Gasteiger partial charge in [0.1, 0.15) is 6.04 Å². The van der Waals surface area contributed by atoms with Gasteiger partial charge < -0.3 is 10.2 Å². The number of piperidine rings is 1. The normalized spacial score (nSPS) is 21.6. The van der Waals surface area contributed by atoms with E-state index in [2.05, 4.69) is 36.5 Å². The summed E-state index contributed by atoms with van der Waals surface area (Å²) in [5.41, 5.74) is 2.05. The number of aryl methyl sites for hydroxylation is 2. The average Bonchev–Trinajstić information content (AvgIpc) is 3.58. The number of hydrogen-bond acceptors (Lipinski definition) is 9. The maximum Gasteiger partial charge on any atom is 0.273 e. The Balaban J connectivity index is 1.13. The lowest BCUT2D eigenvalue weighted by Crippen LogP contribution is -2.52. The molecule has 0 radical (unpaired) electrons. The second-order valence-electron chi connectivity index (χ2n) is 9.11. The first-order valence-electron chi connectivity index (χ1n) is 11.7. The van der Waals surface area contributed by atoms with Crippen LogP contribution in [-0.4, -0.2) is 75.8 Å². The summed E-state index contributed by atoms with van der Waals surface area (Å²) in [6.07, 6.45) is 4.15. The minimum atomic E-state index is -0.678. The fourth-order valence-corrected chi connectivity index (χ4v) is 4.90. The molecule has 1 fully saturated rings. The number of hydrogen-bond donors (Lipinski definition) is 2. The van der Waals surface area contributed by atoms with E-state index < -0.39 is 11.9 Å². The van der Waals surface area contributed by atoms with Crippen molar-refractivity contribution in [2.45, 2.75) is 57.3 Å². The van der Waals surface area contributed by atoms with Crippen LogP contribution in [0.2, 0.25) is 0 Å². The summed E-state index contributed by atoms with van der Waals surface area (Å²) in [5.74, 6) is -0.540. The largest absolute Gasteiger partial charge is 0.348 e. The molecule has 14 nitrogen and oxygen atoms in total. The maximum atomic E-state index is 12.9. The van der Waals surface area contributed by atoms with Crippen LogP contribution in [-0.2, 0) is 29.1 Å². The molecule has 0 spiro atoms. The van der Waals surface area contributed by atoms with Gasteiger partial charge in [-0.2, -0.15) is 0 Å². The van der Waals surface area contributed by atoms with Crippen molar-refractivity contribution in [2.24, 2.45) is 0 Å². The SMILES string of the molecule is O=C1CCC(N2Cc3cc(-n4cc(C(=O)NC5CCc6nnnn6CC5)nn4)ccc3C2=O)C(=O)N1. The van der Waals surface area contributed by atoms with Crippen LogP contribution in [0.5, 0.6) is 0 Å². The Morgan fingerprint density at radius 2 is 1.94 bits per heavy atom. The van der Waals surface area contributed by atoms with Crippen LogP contribution in [0.25, 0.3) is 5.69 Å². The Hall–Kier alpha value is -4.49. The van der Waals surface area contributed by atoms with Crippen LogP contribution in [0.1, 0.15) is 57.9 Å². The molecule has 14 heteroatoms. The lowest BCUT2D eigenvalue weighted by molar-refractivity contribution is -0.136. The van der Waals surface area contributed by atoms with Gasteiger partial charge in [-0.15, -0.1) is 10.2 Å². The topological polar surface area (TPSA) is 170 Å². The van der Waals surface area contributed by atoms with Gasteiger partial charge in [-0.3, -0.25) is 24.5 Å². The molecule has 0 aliphatic carbocycles. The van der Waals surface area contributed by atoms with Crippen LogP contribution < -0.4 is 10.6 Å². The lowest BCUT2D eigenvalue weighted by atomic mass is 10.0. The van der Waals surface area contributed by atoms with E-state index in [9.17, 15) is 19.2 Å². The van der Waals surface area contributed by atoms with Gasteiger partial charge in [-0.1, -0.05) is 5.21 Å². The van der Waals surface area contributed by atoms with E-state index in [4.69, 9.17) is 0 Å². The van der Waals surface area contributed by atoms with E-state index in [1.807, 2.05) is 0 Å². The van der Waals surface area contributed by atoms with Crippen molar-refractivity contribution in [1.82, 2.24) is 50.7 Å². The fourth-order valence-electron chi connectivity index (χ4n) is 4.90. The number of nitrogens with zero attached hydrogens (tertiary/aromatic N) is 8. The van der Waals surface area contributed by atoms with Gasteiger partial charge in [-0.25, -0.2) is 9.36 Å². The van der Waals surface area contributed by atoms with E-state index in [1.165, 1.54) is 9.58 Å². The average molecular weight is 490 g/mol. The Morgan fingerprint density at radius 1 is 1.06 bits per heavy atom. The Labute approximate surface area is 204 Å². The molecule has 4 amide bonds. The predicted octanol–water partition coefficient (Wildman–Crippen LogP) is -0.850. The molecule has 184 valence electrons. The van der Waals surface area contributed by atoms with Crippen molar-refractivity contribution in [3.63, 3.8) is 0 Å². The monoisotopic (exact) mass is 490 g/mol. The first kappa shape index (κ1) is 22.0. The highest BCUT2D eigenvalue weighted by Gasteiger charge is 2.39. The first-order chi connectivity index (χ1) is 17.5. The van der Waals surface area contributed by atoms with Crippen LogP contribution in [0, 0.1) is 0 Å². The Bertz CT molecular complexity index is 1370. The molecule has 0 saturated carbocycles. The highest BCUT2D eigenvalue weighted by Crippen LogP contribution is 2.29. The number of amides is 4. The second-order valence-corrected chi connectivity index (χ2v) is 9.11. The van der Waals surface area contributed by atoms with Crippen LogP contribution in [0.3, 0.4) is 0 Å². The molecule has 2 aromatic heterocycles. The third-order valence-electron chi connectivity index (χ3n) is 6.84. The van der Waals surface area contributed by atoms with Gasteiger partial charge in [0.05, 0.1) is 11.9 Å². The molecule has 3 aromatic rings. The number of imide groups is 1. The molecule has 2 atom stereocenters. The van der Waals surface area contributed by atoms with Crippen molar-refractivity contribution in [3.05, 3.63) is 47.0 Å². The number of fused-ring (bicyclic) bond motifs is 2. The summed E-state index contributed by atoms with van der Waals surface area (Å²) >= 11 is 0. The standard InChI is InChI=1S/C22H22N10O4/c33-19-6-4-17(21(35)24-19)30-10-12-9-14(2-3-15(12)22(30)36)32-11-16(25-28-32)20(34)23-13-1-5-18-26-27-29-31(18)8-7-13/h2-3,9,11,13,17H,1,4-8,10H2,(H,23,34)(H,24,33,35). The number of tetrazole rings is 1. The molecule has 2 unspecified atom stereocenters. The number of nitrogens with one attached hydrogen (secondary N) is 2. The van der Waals surface area contributed by atoms with Gasteiger partial charge in [0.15, 0.2) is 11.5 Å². The van der Waals surface area contributed by atoms with Crippen LogP contribution in [0.15, 0.2) is 24.4 Å². The van der Waals surface area contributed by atoms with E-state index in [1.54, 1.807) is 29.1 Å². The highest BCUT2D eigenvalue weighted by atomic mass is 16.2. The number of aromatic nitrogens is 7. The molecule has 1 saturated heterocycles. The molecule has 0 bridgehead atoms. The number of rotatable bonds is 4. The van der Waals surface area contributed by atoms with Crippen LogP contribution >= 0.6 is 0 Å². The lowest BCUT2D eigenvalue weighted by Gasteiger charge is -2.29. The summed E-state index contributed by atoms with van der Waals surface area (Å²) in [6.45, 7) is 0.879. The maximum absolute atomic E-state index is 12.9. The van der Waals surface area contributed by atoms with Gasteiger partial charge >= 0.3 is 0 Å². The number of benzene rings is 1. The van der Waals surface area contributed by atoms with Gasteiger partial charge in [-0.05, 0) is 53.5 Å². The zero-order valence-electron chi connectivity index (χ0n) is 19.1. The van der Waals surface area contributed by atoms with Crippen molar-refractivity contribution >= 4 is 23.6 Å². The summed E-state index contributed by atoms with van der Waals surface area (Å²) in [6, 6.07) is 4.47. The smallest absolute Gasteiger partial charge is 0.273 e. The van der Waals surface area contributed by atoms with Crippen molar-refractivity contribution in [3.8, 4) is 5.69 Å². The molecule has 3 aliphatic heterocycles. The van der Waals surface area contributed by atoms with Crippen molar-refractivity contribution in [1.29, 1.82) is 0 Å². The van der Waals surface area contributed by atoms with Gasteiger partial charge in [0.2, 0.25) is 11.8 Å². The fraction of sp³-hybridized carbons (Fsp3) is 0.409. The number of carbonyl (C=O) groups is 4. The summed E-state index contributed by atoms with van der Waals surface area (Å²) < 4.78 is 3.23. The molecule has 36 heavy (non-hydrogen) atoms. The molecule has 1 aromatic carbocycles. The van der Waals surface area contributed by atoms with E-state index >= 15 is 0 Å². The molecule has 2 N–H and O–H groups in total. The summed E-state index contributed by atoms with van der Waals surface area (Å²) in [7, 11) is 0. The quantitative estimate of drug-likeness (QED) is 0.442. The summed E-state index contributed by atoms with van der Waals surface area (Å²) in [4.78, 5) is 50.9. The summed E-state index contributed by atoms with van der Waals surface area (Å²) in [5, 5.41) is 25.0. The van der Waals surface area contributed by atoms with Gasteiger partial charge in [0, 0.05) is 37.5 Å². The van der Waals surface area contributed by atoms with E-state index in [-0.39, 0.29) is 42.4 Å². The van der Waals surface area contributed by atoms with Gasteiger partial charge in [0.25, 0.3) is 11.8 Å². The van der Waals surface area contributed by atoms with E-state index in [0.29, 0.717) is 37.1 Å². The Morgan fingerprint density at radius 3 is 2.81 bits per heavy atom. The zero-order chi connectivity index (χ0) is 24.8. The minimum Gasteiger partial charge on any atom is -0.348 e. The first-order valence-corrected chi connectivity index (χ1v) is 11.7.